The highest BCUT2D eigenvalue weighted by Crippen LogP contribution is 2.35. The van der Waals surface area contributed by atoms with Crippen molar-refractivity contribution in [3.63, 3.8) is 0 Å². The SMILES string of the molecule is COc1ccc(C2=C[C@H](c3ccc(C#N)cc3)n3ncnc3N2)cc1OC. The van der Waals surface area contributed by atoms with Gasteiger partial charge in [-0.05, 0) is 42.0 Å². The highest BCUT2D eigenvalue weighted by molar-refractivity contribution is 5.78. The monoisotopic (exact) mass is 359 g/mol. The van der Waals surface area contributed by atoms with Gasteiger partial charge < -0.3 is 14.8 Å². The molecule has 0 unspecified atom stereocenters. The van der Waals surface area contributed by atoms with E-state index in [1.165, 1.54) is 6.33 Å². The second kappa shape index (κ2) is 6.84. The number of nitrogens with one attached hydrogen (secondary N) is 1. The van der Waals surface area contributed by atoms with Gasteiger partial charge >= 0.3 is 0 Å². The number of allylic oxidation sites excluding steroid dienone is 1. The number of hydrogen-bond donors (Lipinski definition) is 1. The summed E-state index contributed by atoms with van der Waals surface area (Å²) in [5.41, 5.74) is 3.47. The van der Waals surface area contributed by atoms with Crippen LogP contribution in [0.3, 0.4) is 0 Å². The van der Waals surface area contributed by atoms with Crippen LogP contribution in [0, 0.1) is 11.3 Å². The fraction of sp³-hybridized carbons (Fsp3) is 0.150. The van der Waals surface area contributed by atoms with Crippen molar-refractivity contribution in [1.82, 2.24) is 14.8 Å². The minimum absolute atomic E-state index is 0.139. The van der Waals surface area contributed by atoms with Crippen LogP contribution in [0.25, 0.3) is 5.70 Å². The summed E-state index contributed by atoms with van der Waals surface area (Å²) in [6.07, 6.45) is 3.59. The molecule has 0 fully saturated rings. The molecule has 0 aliphatic carbocycles. The second-order valence-electron chi connectivity index (χ2n) is 5.98. The minimum Gasteiger partial charge on any atom is -0.493 e. The van der Waals surface area contributed by atoms with Gasteiger partial charge in [0.05, 0.1) is 25.9 Å². The van der Waals surface area contributed by atoms with E-state index < -0.39 is 0 Å². The van der Waals surface area contributed by atoms with E-state index in [9.17, 15) is 0 Å². The molecule has 2 heterocycles. The Labute approximate surface area is 156 Å². The molecule has 1 aliphatic heterocycles. The Balaban J connectivity index is 1.78. The van der Waals surface area contributed by atoms with Gasteiger partial charge in [-0.3, -0.25) is 0 Å². The molecular weight excluding hydrogens is 342 g/mol. The number of hydrogen-bond acceptors (Lipinski definition) is 6. The van der Waals surface area contributed by atoms with E-state index in [-0.39, 0.29) is 6.04 Å². The lowest BCUT2D eigenvalue weighted by Gasteiger charge is -2.24. The maximum absolute atomic E-state index is 9.02. The fourth-order valence-electron chi connectivity index (χ4n) is 3.10. The lowest BCUT2D eigenvalue weighted by Crippen LogP contribution is -2.20. The zero-order valence-corrected chi connectivity index (χ0v) is 14.9. The first kappa shape index (κ1) is 16.7. The fourth-order valence-corrected chi connectivity index (χ4v) is 3.10. The molecule has 4 rings (SSSR count). The molecule has 134 valence electrons. The Bertz CT molecular complexity index is 1050. The summed E-state index contributed by atoms with van der Waals surface area (Å²) in [5.74, 6) is 1.97. The maximum atomic E-state index is 9.02. The Kier molecular flexibility index (Phi) is 4.22. The molecule has 7 nitrogen and oxygen atoms in total. The summed E-state index contributed by atoms with van der Waals surface area (Å²) in [6.45, 7) is 0. The molecule has 1 aliphatic rings. The predicted molar refractivity (Wildman–Crippen MR) is 100 cm³/mol. The van der Waals surface area contributed by atoms with E-state index in [2.05, 4.69) is 27.5 Å². The second-order valence-corrected chi connectivity index (χ2v) is 5.98. The zero-order chi connectivity index (χ0) is 18.8. The van der Waals surface area contributed by atoms with Gasteiger partial charge in [0.15, 0.2) is 11.5 Å². The van der Waals surface area contributed by atoms with Crippen molar-refractivity contribution in [2.75, 3.05) is 19.5 Å². The summed E-state index contributed by atoms with van der Waals surface area (Å²) in [4.78, 5) is 4.31. The molecule has 2 aromatic carbocycles. The molecule has 1 atom stereocenters. The number of methoxy groups -OCH3 is 2. The molecule has 0 saturated heterocycles. The molecule has 0 radical (unpaired) electrons. The van der Waals surface area contributed by atoms with Crippen molar-refractivity contribution in [2.24, 2.45) is 0 Å². The first-order valence-corrected chi connectivity index (χ1v) is 8.34. The van der Waals surface area contributed by atoms with Crippen LogP contribution in [0.4, 0.5) is 5.95 Å². The number of anilines is 1. The lowest BCUT2D eigenvalue weighted by molar-refractivity contribution is 0.355. The van der Waals surface area contributed by atoms with Crippen LogP contribution >= 0.6 is 0 Å². The first-order valence-electron chi connectivity index (χ1n) is 8.34. The van der Waals surface area contributed by atoms with Crippen LogP contribution in [0.5, 0.6) is 11.5 Å². The van der Waals surface area contributed by atoms with Gasteiger partial charge in [0.25, 0.3) is 0 Å². The van der Waals surface area contributed by atoms with Crippen molar-refractivity contribution in [3.8, 4) is 17.6 Å². The number of benzene rings is 2. The van der Waals surface area contributed by atoms with Crippen LogP contribution < -0.4 is 14.8 Å². The molecule has 0 amide bonds. The Hall–Kier alpha value is -3.79. The predicted octanol–water partition coefficient (Wildman–Crippen LogP) is 3.22. The third-order valence-corrected chi connectivity index (χ3v) is 4.48. The van der Waals surface area contributed by atoms with E-state index in [1.54, 1.807) is 26.4 Å². The molecular formula is C20H17N5O2. The van der Waals surface area contributed by atoms with E-state index in [0.717, 1.165) is 16.8 Å². The maximum Gasteiger partial charge on any atom is 0.226 e. The Morgan fingerprint density at radius 2 is 1.85 bits per heavy atom. The van der Waals surface area contributed by atoms with Gasteiger partial charge in [-0.25, -0.2) is 4.68 Å². The molecule has 0 bridgehead atoms. The highest BCUT2D eigenvalue weighted by Gasteiger charge is 2.24. The smallest absolute Gasteiger partial charge is 0.226 e. The van der Waals surface area contributed by atoms with Crippen molar-refractivity contribution in [3.05, 3.63) is 71.6 Å². The largest absolute Gasteiger partial charge is 0.493 e. The summed E-state index contributed by atoms with van der Waals surface area (Å²) in [5, 5.41) is 16.7. The molecule has 1 aromatic heterocycles. The molecule has 3 aromatic rings. The van der Waals surface area contributed by atoms with E-state index in [1.807, 2.05) is 35.0 Å². The highest BCUT2D eigenvalue weighted by atomic mass is 16.5. The van der Waals surface area contributed by atoms with Gasteiger partial charge in [-0.2, -0.15) is 15.3 Å². The minimum atomic E-state index is -0.139. The molecule has 0 saturated carbocycles. The average molecular weight is 359 g/mol. The van der Waals surface area contributed by atoms with Crippen LogP contribution in [0.15, 0.2) is 54.9 Å². The number of nitrogens with zero attached hydrogens (tertiary/aromatic N) is 4. The van der Waals surface area contributed by atoms with Crippen LogP contribution in [0.2, 0.25) is 0 Å². The number of aromatic nitrogens is 3. The van der Waals surface area contributed by atoms with Crippen LogP contribution in [0.1, 0.15) is 22.7 Å². The first-order chi connectivity index (χ1) is 13.2. The Morgan fingerprint density at radius 1 is 1.07 bits per heavy atom. The third kappa shape index (κ3) is 2.98. The number of ether oxygens (including phenoxy) is 2. The summed E-state index contributed by atoms with van der Waals surface area (Å²) in [6, 6.07) is 15.2. The van der Waals surface area contributed by atoms with Crippen molar-refractivity contribution < 1.29 is 9.47 Å². The average Bonchev–Trinajstić information content (AvgIpc) is 3.21. The number of rotatable bonds is 4. The summed E-state index contributed by atoms with van der Waals surface area (Å²) >= 11 is 0. The molecule has 7 heteroatoms. The van der Waals surface area contributed by atoms with Crippen LogP contribution in [-0.4, -0.2) is 29.0 Å². The normalized spacial score (nSPS) is 15.1. The van der Waals surface area contributed by atoms with Gasteiger partial charge in [0, 0.05) is 11.3 Å². The molecule has 0 spiro atoms. The van der Waals surface area contributed by atoms with E-state index in [0.29, 0.717) is 23.0 Å². The van der Waals surface area contributed by atoms with Crippen molar-refractivity contribution in [1.29, 1.82) is 5.26 Å². The van der Waals surface area contributed by atoms with E-state index >= 15 is 0 Å². The standard InChI is InChI=1S/C20H17N5O2/c1-26-18-8-7-15(9-19(18)27-2)16-10-17(25-20(24-16)22-12-23-25)14-5-3-13(11-21)4-6-14/h3-10,12,17H,1-2H3,(H,22,23,24)/t17-/m1/s1. The molecule has 1 N–H and O–H groups in total. The number of fused-ring (bicyclic) bond motifs is 1. The number of nitriles is 1. The Morgan fingerprint density at radius 3 is 2.56 bits per heavy atom. The van der Waals surface area contributed by atoms with Crippen molar-refractivity contribution >= 4 is 11.6 Å². The van der Waals surface area contributed by atoms with Gasteiger partial charge in [0.2, 0.25) is 5.95 Å². The summed E-state index contributed by atoms with van der Waals surface area (Å²) in [7, 11) is 3.22. The lowest BCUT2D eigenvalue weighted by atomic mass is 10.0. The summed E-state index contributed by atoms with van der Waals surface area (Å²) < 4.78 is 12.5. The third-order valence-electron chi connectivity index (χ3n) is 4.48. The van der Waals surface area contributed by atoms with Gasteiger partial charge in [-0.1, -0.05) is 12.1 Å². The van der Waals surface area contributed by atoms with Gasteiger partial charge in [-0.15, -0.1) is 0 Å². The molecule has 27 heavy (non-hydrogen) atoms. The van der Waals surface area contributed by atoms with Crippen molar-refractivity contribution in [2.45, 2.75) is 6.04 Å². The van der Waals surface area contributed by atoms with Gasteiger partial charge in [0.1, 0.15) is 12.4 Å². The van der Waals surface area contributed by atoms with E-state index in [4.69, 9.17) is 14.7 Å². The quantitative estimate of drug-likeness (QED) is 0.770. The zero-order valence-electron chi connectivity index (χ0n) is 14.9. The topological polar surface area (TPSA) is 85.0 Å². The van der Waals surface area contributed by atoms with Crippen LogP contribution in [-0.2, 0) is 0 Å².